The summed E-state index contributed by atoms with van der Waals surface area (Å²) in [7, 11) is -0.662. The van der Waals surface area contributed by atoms with E-state index in [0.29, 0.717) is 12.0 Å². The number of hydrogen-bond acceptors (Lipinski definition) is 4. The molecule has 0 amide bonds. The fourth-order valence-corrected chi connectivity index (χ4v) is 2.19. The summed E-state index contributed by atoms with van der Waals surface area (Å²) in [5, 5.41) is 7.47. The van der Waals surface area contributed by atoms with Crippen LogP contribution in [0.15, 0.2) is 11.6 Å². The average molecular weight is 281 g/mol. The summed E-state index contributed by atoms with van der Waals surface area (Å²) in [5.41, 5.74) is 0.424. The van der Waals surface area contributed by atoms with E-state index in [1.165, 1.54) is 4.90 Å². The van der Waals surface area contributed by atoms with Crippen LogP contribution >= 0.6 is 0 Å². The van der Waals surface area contributed by atoms with Crippen LogP contribution in [0.4, 0.5) is 0 Å². The number of rotatable bonds is 5. The molecule has 0 rings (SSSR count). The summed E-state index contributed by atoms with van der Waals surface area (Å²) >= 11 is 0. The Kier molecular flexibility index (Phi) is 9.78. The molecule has 0 saturated heterocycles. The van der Waals surface area contributed by atoms with E-state index in [0.717, 1.165) is 6.42 Å². The van der Waals surface area contributed by atoms with Crippen LogP contribution in [0.3, 0.4) is 0 Å². The quantitative estimate of drug-likeness (QED) is 0.587. The maximum atomic E-state index is 10.5. The van der Waals surface area contributed by atoms with Gasteiger partial charge in [0.15, 0.2) is 0 Å². The molecule has 7 heteroatoms. The third-order valence-corrected chi connectivity index (χ3v) is 3.56. The maximum Gasteiger partial charge on any atom is 0.330 e. The van der Waals surface area contributed by atoms with Crippen molar-refractivity contribution in [3.63, 3.8) is 0 Å². The fourth-order valence-electron chi connectivity index (χ4n) is 1.24. The van der Waals surface area contributed by atoms with Crippen LogP contribution in [0.25, 0.3) is 0 Å². The lowest BCUT2D eigenvalue weighted by atomic mass is 10.2. The lowest BCUT2D eigenvalue weighted by Crippen LogP contribution is -2.34. The zero-order chi connectivity index (χ0) is 14.9. The Morgan fingerprint density at radius 3 is 1.83 bits per heavy atom. The van der Waals surface area contributed by atoms with Crippen molar-refractivity contribution in [2.45, 2.75) is 39.0 Å². The van der Waals surface area contributed by atoms with Crippen molar-refractivity contribution in [3.05, 3.63) is 11.6 Å². The molecule has 0 heterocycles. The van der Waals surface area contributed by atoms with E-state index in [2.05, 4.69) is 0 Å². The molecule has 0 aliphatic carbocycles. The van der Waals surface area contributed by atoms with Gasteiger partial charge in [-0.25, -0.2) is 4.79 Å². The zero-order valence-electron chi connectivity index (χ0n) is 11.5. The van der Waals surface area contributed by atoms with Crippen LogP contribution < -0.4 is 0 Å². The monoisotopic (exact) mass is 281 g/mol. The summed E-state index contributed by atoms with van der Waals surface area (Å²) in [6.45, 7) is 5.21. The zero-order valence-corrected chi connectivity index (χ0v) is 12.4. The number of allylic oxidation sites excluding steroid dienone is 1. The first-order valence-corrected chi connectivity index (χ1v) is 7.10. The summed E-state index contributed by atoms with van der Waals surface area (Å²) < 4.78 is 29.6. The van der Waals surface area contributed by atoms with Gasteiger partial charge in [0, 0.05) is 5.57 Å². The number of carboxylic acids is 1. The van der Waals surface area contributed by atoms with Crippen molar-refractivity contribution in [2.24, 2.45) is 0 Å². The molecule has 0 bridgehead atoms. The Morgan fingerprint density at radius 2 is 1.78 bits per heavy atom. The number of carboxylic acid groups (broad SMARTS) is 1. The summed E-state index contributed by atoms with van der Waals surface area (Å²) in [6, 6.07) is 0. The molecule has 2 N–H and O–H groups in total. The molecule has 0 aromatic rings. The number of nitrogens with zero attached hydrogens (tertiary/aromatic N) is 1. The first-order chi connectivity index (χ1) is 8.07. The summed E-state index contributed by atoms with van der Waals surface area (Å²) in [6.07, 6.45) is 2.87. The van der Waals surface area contributed by atoms with E-state index in [1.54, 1.807) is 34.0 Å². The van der Waals surface area contributed by atoms with Gasteiger partial charge in [0.1, 0.15) is 5.37 Å². The second-order valence-corrected chi connectivity index (χ2v) is 5.52. The van der Waals surface area contributed by atoms with Crippen molar-refractivity contribution in [2.75, 3.05) is 14.1 Å². The highest BCUT2D eigenvalue weighted by Gasteiger charge is 2.22. The van der Waals surface area contributed by atoms with Gasteiger partial charge in [0.2, 0.25) is 0 Å². The van der Waals surface area contributed by atoms with E-state index < -0.39 is 21.5 Å². The van der Waals surface area contributed by atoms with E-state index in [1.807, 2.05) is 6.92 Å². The molecule has 0 saturated carbocycles. The number of aliphatic carboxylic acids is 1. The molecule has 0 aliphatic rings. The smallest absolute Gasteiger partial charge is 0.330 e. The highest BCUT2D eigenvalue weighted by Crippen LogP contribution is 2.05. The van der Waals surface area contributed by atoms with Gasteiger partial charge in [0.25, 0.3) is 10.1 Å². The van der Waals surface area contributed by atoms with Crippen LogP contribution in [0.1, 0.15) is 33.6 Å². The molecule has 0 aliphatic heterocycles. The molecule has 0 spiro atoms. The van der Waals surface area contributed by atoms with Gasteiger partial charge in [-0.2, -0.15) is 8.42 Å². The Bertz CT molecular complexity index is 373. The minimum atomic E-state index is -3.89. The summed E-state index contributed by atoms with van der Waals surface area (Å²) in [4.78, 5) is 11.5. The Balaban J connectivity index is 0. The predicted octanol–water partition coefficient (Wildman–Crippen LogP) is 1.60. The van der Waals surface area contributed by atoms with Crippen molar-refractivity contribution < 1.29 is 22.9 Å². The highest BCUT2D eigenvalue weighted by molar-refractivity contribution is 7.86. The van der Waals surface area contributed by atoms with Crippen molar-refractivity contribution in [1.29, 1.82) is 0 Å². The van der Waals surface area contributed by atoms with Crippen LogP contribution in [0.5, 0.6) is 0 Å². The minimum Gasteiger partial charge on any atom is -0.478 e. The molecular weight excluding hydrogens is 258 g/mol. The maximum absolute atomic E-state index is 10.5. The van der Waals surface area contributed by atoms with Gasteiger partial charge in [-0.05, 0) is 33.9 Å². The van der Waals surface area contributed by atoms with E-state index in [4.69, 9.17) is 9.66 Å². The fraction of sp³-hybridized carbons (Fsp3) is 0.727. The first kappa shape index (κ1) is 19.4. The first-order valence-electron chi connectivity index (χ1n) is 5.60. The van der Waals surface area contributed by atoms with Crippen LogP contribution in [-0.4, -0.2) is 48.4 Å². The Hall–Kier alpha value is -0.920. The predicted molar refractivity (Wildman–Crippen MR) is 71.0 cm³/mol. The van der Waals surface area contributed by atoms with Crippen molar-refractivity contribution in [1.82, 2.24) is 4.90 Å². The molecule has 0 radical (unpaired) electrons. The molecule has 6 nitrogen and oxygen atoms in total. The third kappa shape index (κ3) is 9.15. The van der Waals surface area contributed by atoms with E-state index in [9.17, 15) is 13.2 Å². The lowest BCUT2D eigenvalue weighted by molar-refractivity contribution is -0.132. The SMILES string of the molecule is CCC(N(C)C)S(=O)(=O)O.CCC=C(C)C(=O)O. The topological polar surface area (TPSA) is 94.9 Å². The van der Waals surface area contributed by atoms with Gasteiger partial charge in [-0.3, -0.25) is 9.45 Å². The molecule has 1 atom stereocenters. The number of carbonyl (C=O) groups is 1. The Labute approximate surface area is 109 Å². The second kappa shape index (κ2) is 9.07. The molecule has 1 unspecified atom stereocenters. The molecule has 0 fully saturated rings. The average Bonchev–Trinajstić information content (AvgIpc) is 2.16. The van der Waals surface area contributed by atoms with E-state index >= 15 is 0 Å². The van der Waals surface area contributed by atoms with Crippen molar-refractivity contribution >= 4 is 16.1 Å². The molecule has 108 valence electrons. The highest BCUT2D eigenvalue weighted by atomic mass is 32.2. The molecule has 0 aromatic heterocycles. The van der Waals surface area contributed by atoms with Crippen molar-refractivity contribution in [3.8, 4) is 0 Å². The van der Waals surface area contributed by atoms with Gasteiger partial charge in [-0.1, -0.05) is 19.9 Å². The van der Waals surface area contributed by atoms with Crippen LogP contribution in [0, 0.1) is 0 Å². The van der Waals surface area contributed by atoms with E-state index in [-0.39, 0.29) is 0 Å². The molecular formula is C11H23NO5S. The third-order valence-electron chi connectivity index (χ3n) is 2.12. The van der Waals surface area contributed by atoms with Gasteiger partial charge < -0.3 is 5.11 Å². The molecule has 18 heavy (non-hydrogen) atoms. The summed E-state index contributed by atoms with van der Waals surface area (Å²) in [5.74, 6) is -0.827. The van der Waals surface area contributed by atoms with Crippen LogP contribution in [0.2, 0.25) is 0 Å². The minimum absolute atomic E-state index is 0.395. The van der Waals surface area contributed by atoms with Gasteiger partial charge in [-0.15, -0.1) is 0 Å². The normalized spacial score (nSPS) is 13.8. The largest absolute Gasteiger partial charge is 0.478 e. The number of hydrogen-bond donors (Lipinski definition) is 2. The lowest BCUT2D eigenvalue weighted by Gasteiger charge is -2.18. The molecule has 0 aromatic carbocycles. The van der Waals surface area contributed by atoms with Gasteiger partial charge in [0.05, 0.1) is 0 Å². The Morgan fingerprint density at radius 1 is 1.33 bits per heavy atom. The second-order valence-electron chi connectivity index (χ2n) is 3.94. The standard InChI is InChI=1S/C6H10O2.C5H13NO3S/c1-3-4-5(2)6(7)8;1-4-5(6(2)3)10(7,8)9/h4H,3H2,1-2H3,(H,7,8);5H,4H2,1-3H3,(H,7,8,9). The van der Waals surface area contributed by atoms with Crippen LogP contribution in [-0.2, 0) is 14.9 Å². The van der Waals surface area contributed by atoms with Gasteiger partial charge >= 0.3 is 5.97 Å².